The molecule has 0 saturated carbocycles. The van der Waals surface area contributed by atoms with Crippen molar-refractivity contribution in [2.45, 2.75) is 12.8 Å². The van der Waals surface area contributed by atoms with Gasteiger partial charge in [0.1, 0.15) is 6.33 Å². The van der Waals surface area contributed by atoms with Gasteiger partial charge in [-0.1, -0.05) is 30.3 Å². The molecule has 2 heterocycles. The minimum absolute atomic E-state index is 0.0410. The van der Waals surface area contributed by atoms with E-state index in [2.05, 4.69) is 20.2 Å². The number of nitrogens with two attached hydrogens (primary N) is 1. The number of primary amides is 1. The molecular formula is C22H23N5O2. The quantitative estimate of drug-likeness (QED) is 0.671. The highest BCUT2D eigenvalue weighted by Gasteiger charge is 2.25. The number of carbonyl (C=O) groups excluding carboxylic acids is 2. The SMILES string of the molecule is NC(=O)c1ccc(N2CCC(CNC(=O)Cc3ccccc3)C2)c2cncnc12. The first-order valence-corrected chi connectivity index (χ1v) is 9.70. The molecule has 3 N–H and O–H groups in total. The fraction of sp³-hybridized carbons (Fsp3) is 0.273. The Morgan fingerprint density at radius 1 is 1.17 bits per heavy atom. The van der Waals surface area contributed by atoms with E-state index in [1.165, 1.54) is 6.33 Å². The molecule has 0 spiro atoms. The lowest BCUT2D eigenvalue weighted by molar-refractivity contribution is -0.120. The minimum atomic E-state index is -0.499. The van der Waals surface area contributed by atoms with Crippen molar-refractivity contribution < 1.29 is 9.59 Å². The smallest absolute Gasteiger partial charge is 0.250 e. The summed E-state index contributed by atoms with van der Waals surface area (Å²) in [5.41, 5.74) is 8.45. The second-order valence-electron chi connectivity index (χ2n) is 7.35. The van der Waals surface area contributed by atoms with Gasteiger partial charge in [-0.15, -0.1) is 0 Å². The number of anilines is 1. The summed E-state index contributed by atoms with van der Waals surface area (Å²) in [7, 11) is 0. The predicted octanol–water partition coefficient (Wildman–Crippen LogP) is 1.91. The Hall–Kier alpha value is -3.48. The van der Waals surface area contributed by atoms with Crippen molar-refractivity contribution in [3.05, 3.63) is 66.1 Å². The third kappa shape index (κ3) is 4.18. The summed E-state index contributed by atoms with van der Waals surface area (Å²) in [4.78, 5) is 34.5. The minimum Gasteiger partial charge on any atom is -0.371 e. The van der Waals surface area contributed by atoms with Crippen molar-refractivity contribution >= 4 is 28.4 Å². The molecule has 1 fully saturated rings. The highest BCUT2D eigenvalue weighted by Crippen LogP contribution is 2.31. The van der Waals surface area contributed by atoms with E-state index in [0.717, 1.165) is 36.1 Å². The Morgan fingerprint density at radius 3 is 2.79 bits per heavy atom. The summed E-state index contributed by atoms with van der Waals surface area (Å²) < 4.78 is 0. The Bertz CT molecular complexity index is 1040. The van der Waals surface area contributed by atoms with E-state index in [1.807, 2.05) is 36.4 Å². The molecule has 1 aliphatic heterocycles. The molecule has 7 heteroatoms. The van der Waals surface area contributed by atoms with Gasteiger partial charge in [0.15, 0.2) is 0 Å². The van der Waals surface area contributed by atoms with Gasteiger partial charge >= 0.3 is 0 Å². The van der Waals surface area contributed by atoms with Crippen LogP contribution in [0.3, 0.4) is 0 Å². The summed E-state index contributed by atoms with van der Waals surface area (Å²) in [6, 6.07) is 13.4. The van der Waals surface area contributed by atoms with Crippen LogP contribution < -0.4 is 16.0 Å². The van der Waals surface area contributed by atoms with E-state index in [-0.39, 0.29) is 5.91 Å². The molecule has 0 aliphatic carbocycles. The van der Waals surface area contributed by atoms with Gasteiger partial charge in [0.05, 0.1) is 17.5 Å². The molecule has 1 unspecified atom stereocenters. The highest BCUT2D eigenvalue weighted by atomic mass is 16.1. The monoisotopic (exact) mass is 389 g/mol. The van der Waals surface area contributed by atoms with E-state index in [9.17, 15) is 9.59 Å². The zero-order valence-electron chi connectivity index (χ0n) is 16.0. The number of nitrogens with zero attached hydrogens (tertiary/aromatic N) is 3. The van der Waals surface area contributed by atoms with Crippen LogP contribution >= 0.6 is 0 Å². The predicted molar refractivity (Wildman–Crippen MR) is 112 cm³/mol. The van der Waals surface area contributed by atoms with Gasteiger partial charge in [0.25, 0.3) is 5.91 Å². The van der Waals surface area contributed by atoms with E-state index < -0.39 is 5.91 Å². The number of amides is 2. The van der Waals surface area contributed by atoms with Crippen LogP contribution in [-0.2, 0) is 11.2 Å². The molecule has 1 atom stereocenters. The average molecular weight is 389 g/mol. The second kappa shape index (κ2) is 8.26. The zero-order valence-corrected chi connectivity index (χ0v) is 16.0. The third-order valence-corrected chi connectivity index (χ3v) is 5.34. The molecule has 1 aromatic heterocycles. The van der Waals surface area contributed by atoms with Crippen LogP contribution in [0.15, 0.2) is 55.0 Å². The Kier molecular flexibility index (Phi) is 5.37. The second-order valence-corrected chi connectivity index (χ2v) is 7.35. The van der Waals surface area contributed by atoms with E-state index in [1.54, 1.807) is 12.3 Å². The number of benzene rings is 2. The molecule has 4 rings (SSSR count). The number of hydrogen-bond donors (Lipinski definition) is 2. The standard InChI is InChI=1S/C22H23N5O2/c23-22(29)17-6-7-19(18-12-24-14-26-21(17)18)27-9-8-16(13-27)11-25-20(28)10-15-4-2-1-3-5-15/h1-7,12,14,16H,8-11,13H2,(H2,23,29)(H,25,28). The fourth-order valence-electron chi connectivity index (χ4n) is 3.86. The topological polar surface area (TPSA) is 101 Å². The van der Waals surface area contributed by atoms with Gasteiger partial charge in [-0.25, -0.2) is 9.97 Å². The van der Waals surface area contributed by atoms with Crippen LogP contribution in [0.2, 0.25) is 0 Å². The Morgan fingerprint density at radius 2 is 2.00 bits per heavy atom. The Labute approximate surface area is 168 Å². The summed E-state index contributed by atoms with van der Waals surface area (Å²) >= 11 is 0. The van der Waals surface area contributed by atoms with Crippen molar-refractivity contribution in [3.8, 4) is 0 Å². The number of aromatic nitrogens is 2. The molecule has 0 radical (unpaired) electrons. The van der Waals surface area contributed by atoms with E-state index in [4.69, 9.17) is 5.73 Å². The molecule has 7 nitrogen and oxygen atoms in total. The van der Waals surface area contributed by atoms with Crippen molar-refractivity contribution in [2.75, 3.05) is 24.5 Å². The zero-order chi connectivity index (χ0) is 20.2. The van der Waals surface area contributed by atoms with Crippen molar-refractivity contribution in [1.29, 1.82) is 0 Å². The Balaban J connectivity index is 1.41. The lowest BCUT2D eigenvalue weighted by atomic mass is 10.1. The molecule has 29 heavy (non-hydrogen) atoms. The highest BCUT2D eigenvalue weighted by molar-refractivity contribution is 6.07. The number of carbonyl (C=O) groups is 2. The molecule has 2 amide bonds. The normalized spacial score (nSPS) is 16.1. The number of nitrogens with one attached hydrogen (secondary N) is 1. The number of fused-ring (bicyclic) bond motifs is 1. The van der Waals surface area contributed by atoms with E-state index in [0.29, 0.717) is 30.0 Å². The molecule has 1 saturated heterocycles. The van der Waals surface area contributed by atoms with Gasteiger partial charge in [-0.3, -0.25) is 9.59 Å². The van der Waals surface area contributed by atoms with Gasteiger partial charge in [-0.2, -0.15) is 0 Å². The first-order chi connectivity index (χ1) is 14.1. The molecule has 1 aliphatic rings. The van der Waals surface area contributed by atoms with Crippen molar-refractivity contribution in [2.24, 2.45) is 11.7 Å². The summed E-state index contributed by atoms with van der Waals surface area (Å²) in [5.74, 6) is -0.0924. The summed E-state index contributed by atoms with van der Waals surface area (Å²) in [5, 5.41) is 3.87. The molecular weight excluding hydrogens is 366 g/mol. The third-order valence-electron chi connectivity index (χ3n) is 5.34. The maximum Gasteiger partial charge on any atom is 0.250 e. The van der Waals surface area contributed by atoms with Gasteiger partial charge in [0, 0.05) is 36.9 Å². The van der Waals surface area contributed by atoms with Crippen LogP contribution in [0.5, 0.6) is 0 Å². The lowest BCUT2D eigenvalue weighted by Crippen LogP contribution is -2.32. The number of hydrogen-bond acceptors (Lipinski definition) is 5. The van der Waals surface area contributed by atoms with Crippen LogP contribution in [-0.4, -0.2) is 41.4 Å². The average Bonchev–Trinajstić information content (AvgIpc) is 3.21. The maximum atomic E-state index is 12.2. The number of rotatable bonds is 6. The van der Waals surface area contributed by atoms with Crippen molar-refractivity contribution in [3.63, 3.8) is 0 Å². The van der Waals surface area contributed by atoms with Crippen molar-refractivity contribution in [1.82, 2.24) is 15.3 Å². The van der Waals surface area contributed by atoms with Crippen LogP contribution in [0.25, 0.3) is 10.9 Å². The first-order valence-electron chi connectivity index (χ1n) is 9.70. The van der Waals surface area contributed by atoms with Gasteiger partial charge < -0.3 is 16.0 Å². The molecule has 0 bridgehead atoms. The fourth-order valence-corrected chi connectivity index (χ4v) is 3.86. The molecule has 3 aromatic rings. The van der Waals surface area contributed by atoms with Crippen LogP contribution in [0, 0.1) is 5.92 Å². The summed E-state index contributed by atoms with van der Waals surface area (Å²) in [6.45, 7) is 2.35. The van der Waals surface area contributed by atoms with Crippen LogP contribution in [0.4, 0.5) is 5.69 Å². The van der Waals surface area contributed by atoms with Crippen LogP contribution in [0.1, 0.15) is 22.3 Å². The maximum absolute atomic E-state index is 12.2. The summed E-state index contributed by atoms with van der Waals surface area (Å²) in [6.07, 6.45) is 4.53. The molecule has 2 aromatic carbocycles. The first kappa shape index (κ1) is 18.9. The largest absolute Gasteiger partial charge is 0.371 e. The molecule has 148 valence electrons. The van der Waals surface area contributed by atoms with Gasteiger partial charge in [0.2, 0.25) is 5.91 Å². The van der Waals surface area contributed by atoms with Gasteiger partial charge in [-0.05, 0) is 30.0 Å². The lowest BCUT2D eigenvalue weighted by Gasteiger charge is -2.21. The van der Waals surface area contributed by atoms with E-state index >= 15 is 0 Å².